The highest BCUT2D eigenvalue weighted by Crippen LogP contribution is 2.32. The summed E-state index contributed by atoms with van der Waals surface area (Å²) in [5.41, 5.74) is 2.64. The number of carboxylic acid groups (broad SMARTS) is 2. The van der Waals surface area contributed by atoms with Gasteiger partial charge in [0.2, 0.25) is 0 Å². The third kappa shape index (κ3) is 7.80. The van der Waals surface area contributed by atoms with E-state index in [1.165, 1.54) is 11.1 Å². The van der Waals surface area contributed by atoms with E-state index in [1.54, 1.807) is 0 Å². The Bertz CT molecular complexity index is 727. The molecule has 0 saturated carbocycles. The molecule has 0 saturated heterocycles. The molecule has 2 rings (SSSR count). The molecule has 0 unspecified atom stereocenters. The highest BCUT2D eigenvalue weighted by Gasteiger charge is 2.22. The number of rotatable bonds is 7. The monoisotopic (exact) mass is 387 g/mol. The van der Waals surface area contributed by atoms with E-state index in [1.807, 2.05) is 0 Å². The Morgan fingerprint density at radius 3 is 1.86 bits per heavy atom. The SMILES string of the molecule is CN(C)CCCOc1ccc(C(C)(C)c2ccccc2)cc1.O=C(O)C(=O)O. The number of hydrogen-bond donors (Lipinski definition) is 2. The molecule has 0 radical (unpaired) electrons. The molecule has 2 aromatic rings. The Hall–Kier alpha value is -2.86. The first-order valence-corrected chi connectivity index (χ1v) is 9.04. The first-order chi connectivity index (χ1) is 13.1. The van der Waals surface area contributed by atoms with Crippen LogP contribution >= 0.6 is 0 Å². The summed E-state index contributed by atoms with van der Waals surface area (Å²) in [4.78, 5) is 20.4. The van der Waals surface area contributed by atoms with Crippen molar-refractivity contribution in [3.05, 3.63) is 65.7 Å². The van der Waals surface area contributed by atoms with Crippen LogP contribution in [0, 0.1) is 0 Å². The lowest BCUT2D eigenvalue weighted by molar-refractivity contribution is -0.159. The number of carboxylic acids is 2. The number of nitrogens with zero attached hydrogens (tertiary/aromatic N) is 1. The first kappa shape index (κ1) is 23.2. The molecule has 0 spiro atoms. The van der Waals surface area contributed by atoms with Gasteiger partial charge in [-0.05, 0) is 43.8 Å². The summed E-state index contributed by atoms with van der Waals surface area (Å²) in [7, 11) is 4.17. The van der Waals surface area contributed by atoms with Crippen LogP contribution < -0.4 is 4.74 Å². The normalized spacial score (nSPS) is 10.8. The maximum absolute atomic E-state index is 9.10. The Morgan fingerprint density at radius 1 is 0.893 bits per heavy atom. The van der Waals surface area contributed by atoms with Crippen LogP contribution in [-0.2, 0) is 15.0 Å². The molecular formula is C22H29NO5. The second kappa shape index (κ2) is 11.1. The van der Waals surface area contributed by atoms with Gasteiger partial charge < -0.3 is 19.8 Å². The summed E-state index contributed by atoms with van der Waals surface area (Å²) in [6, 6.07) is 19.1. The molecule has 2 N–H and O–H groups in total. The number of hydrogen-bond acceptors (Lipinski definition) is 4. The largest absolute Gasteiger partial charge is 0.494 e. The molecule has 0 heterocycles. The molecule has 0 aromatic heterocycles. The van der Waals surface area contributed by atoms with Crippen molar-refractivity contribution in [2.24, 2.45) is 0 Å². The van der Waals surface area contributed by atoms with E-state index in [9.17, 15) is 0 Å². The third-order valence-corrected chi connectivity index (χ3v) is 4.27. The van der Waals surface area contributed by atoms with Crippen molar-refractivity contribution in [2.75, 3.05) is 27.2 Å². The van der Waals surface area contributed by atoms with E-state index in [4.69, 9.17) is 24.5 Å². The average molecular weight is 387 g/mol. The highest BCUT2D eigenvalue weighted by molar-refractivity contribution is 6.27. The highest BCUT2D eigenvalue weighted by atomic mass is 16.5. The molecule has 0 atom stereocenters. The van der Waals surface area contributed by atoms with Crippen LogP contribution in [0.15, 0.2) is 54.6 Å². The predicted octanol–water partition coefficient (Wildman–Crippen LogP) is 3.50. The molecule has 0 aliphatic rings. The Kier molecular flexibility index (Phi) is 9.18. The number of benzene rings is 2. The molecule has 0 fully saturated rings. The number of aliphatic carboxylic acids is 2. The van der Waals surface area contributed by atoms with Crippen LogP contribution in [-0.4, -0.2) is 54.3 Å². The fourth-order valence-corrected chi connectivity index (χ4v) is 2.56. The van der Waals surface area contributed by atoms with Crippen molar-refractivity contribution in [2.45, 2.75) is 25.7 Å². The second-order valence-electron chi connectivity index (χ2n) is 7.13. The summed E-state index contributed by atoms with van der Waals surface area (Å²) < 4.78 is 5.80. The smallest absolute Gasteiger partial charge is 0.414 e. The van der Waals surface area contributed by atoms with E-state index in [0.29, 0.717) is 0 Å². The summed E-state index contributed by atoms with van der Waals surface area (Å²) >= 11 is 0. The van der Waals surface area contributed by atoms with Gasteiger partial charge in [-0.15, -0.1) is 0 Å². The maximum atomic E-state index is 9.10. The predicted molar refractivity (Wildman–Crippen MR) is 109 cm³/mol. The van der Waals surface area contributed by atoms with Crippen molar-refractivity contribution in [1.29, 1.82) is 0 Å². The molecule has 0 bridgehead atoms. The molecular weight excluding hydrogens is 358 g/mol. The van der Waals surface area contributed by atoms with Crippen molar-refractivity contribution >= 4 is 11.9 Å². The van der Waals surface area contributed by atoms with Crippen molar-refractivity contribution in [1.82, 2.24) is 4.90 Å². The van der Waals surface area contributed by atoms with Gasteiger partial charge in [-0.1, -0.05) is 56.3 Å². The number of ether oxygens (including phenoxy) is 1. The zero-order valence-electron chi connectivity index (χ0n) is 16.9. The van der Waals surface area contributed by atoms with Crippen LogP contribution in [0.3, 0.4) is 0 Å². The molecule has 6 nitrogen and oxygen atoms in total. The Labute approximate surface area is 166 Å². The minimum Gasteiger partial charge on any atom is -0.494 e. The summed E-state index contributed by atoms with van der Waals surface area (Å²) in [6.45, 7) is 6.34. The van der Waals surface area contributed by atoms with Gasteiger partial charge in [-0.25, -0.2) is 9.59 Å². The fraction of sp³-hybridized carbons (Fsp3) is 0.364. The third-order valence-electron chi connectivity index (χ3n) is 4.27. The van der Waals surface area contributed by atoms with Crippen LogP contribution in [0.5, 0.6) is 5.75 Å². The van der Waals surface area contributed by atoms with Gasteiger partial charge in [0, 0.05) is 12.0 Å². The van der Waals surface area contributed by atoms with Crippen molar-refractivity contribution in [3.63, 3.8) is 0 Å². The van der Waals surface area contributed by atoms with E-state index in [0.717, 1.165) is 25.3 Å². The zero-order chi connectivity index (χ0) is 21.2. The molecule has 0 amide bonds. The molecule has 152 valence electrons. The standard InChI is InChI=1S/C20H27NO.C2H2O4/c1-20(2,17-9-6-5-7-10-17)18-11-13-19(14-12-18)22-16-8-15-21(3)4;3-1(4)2(5)6/h5-7,9-14H,8,15-16H2,1-4H3;(H,3,4)(H,5,6). The Balaban J connectivity index is 0.000000568. The minimum atomic E-state index is -1.82. The van der Waals surface area contributed by atoms with Crippen LogP contribution in [0.1, 0.15) is 31.4 Å². The van der Waals surface area contributed by atoms with Gasteiger partial charge >= 0.3 is 11.9 Å². The van der Waals surface area contributed by atoms with E-state index < -0.39 is 11.9 Å². The van der Waals surface area contributed by atoms with E-state index >= 15 is 0 Å². The Morgan fingerprint density at radius 2 is 1.39 bits per heavy atom. The average Bonchev–Trinajstić information content (AvgIpc) is 2.66. The molecule has 6 heteroatoms. The van der Waals surface area contributed by atoms with Crippen LogP contribution in [0.25, 0.3) is 0 Å². The van der Waals surface area contributed by atoms with Gasteiger partial charge in [0.05, 0.1) is 6.61 Å². The summed E-state index contributed by atoms with van der Waals surface area (Å²) in [5.74, 6) is -2.70. The minimum absolute atomic E-state index is 0.00468. The van der Waals surface area contributed by atoms with E-state index in [-0.39, 0.29) is 5.41 Å². The lowest BCUT2D eigenvalue weighted by Gasteiger charge is -2.26. The zero-order valence-corrected chi connectivity index (χ0v) is 16.9. The summed E-state index contributed by atoms with van der Waals surface area (Å²) in [5, 5.41) is 14.8. The summed E-state index contributed by atoms with van der Waals surface area (Å²) in [6.07, 6.45) is 1.05. The van der Waals surface area contributed by atoms with Crippen LogP contribution in [0.4, 0.5) is 0 Å². The van der Waals surface area contributed by atoms with Gasteiger partial charge in [-0.3, -0.25) is 0 Å². The lowest BCUT2D eigenvalue weighted by atomic mass is 9.78. The topological polar surface area (TPSA) is 87.1 Å². The molecule has 28 heavy (non-hydrogen) atoms. The second-order valence-corrected chi connectivity index (χ2v) is 7.13. The first-order valence-electron chi connectivity index (χ1n) is 9.04. The maximum Gasteiger partial charge on any atom is 0.414 e. The molecule has 2 aromatic carbocycles. The van der Waals surface area contributed by atoms with Gasteiger partial charge in [0.15, 0.2) is 0 Å². The van der Waals surface area contributed by atoms with Crippen molar-refractivity contribution < 1.29 is 24.5 Å². The van der Waals surface area contributed by atoms with Crippen molar-refractivity contribution in [3.8, 4) is 5.75 Å². The quantitative estimate of drug-likeness (QED) is 0.559. The van der Waals surface area contributed by atoms with Gasteiger partial charge in [-0.2, -0.15) is 0 Å². The van der Waals surface area contributed by atoms with Crippen LogP contribution in [0.2, 0.25) is 0 Å². The van der Waals surface area contributed by atoms with Gasteiger partial charge in [0.25, 0.3) is 0 Å². The fourth-order valence-electron chi connectivity index (χ4n) is 2.56. The van der Waals surface area contributed by atoms with Gasteiger partial charge in [0.1, 0.15) is 5.75 Å². The lowest BCUT2D eigenvalue weighted by Crippen LogP contribution is -2.18. The molecule has 0 aliphatic carbocycles. The number of carbonyl (C=O) groups is 2. The van der Waals surface area contributed by atoms with E-state index in [2.05, 4.69) is 87.4 Å². The molecule has 0 aliphatic heterocycles.